The summed E-state index contributed by atoms with van der Waals surface area (Å²) in [4.78, 5) is 38.8. The molecule has 11 heteroatoms. The minimum atomic E-state index is -0.494. The van der Waals surface area contributed by atoms with Crippen molar-refractivity contribution < 1.29 is 4.92 Å². The topological polar surface area (TPSA) is 129 Å². The lowest BCUT2D eigenvalue weighted by atomic mass is 10.2. The monoisotopic (exact) mass is 357 g/mol. The van der Waals surface area contributed by atoms with Gasteiger partial charge in [0.05, 0.1) is 11.1 Å². The number of hydrogen-bond donors (Lipinski definition) is 1. The number of anilines is 1. The van der Waals surface area contributed by atoms with Crippen LogP contribution in [-0.4, -0.2) is 29.8 Å². The molecule has 0 aliphatic rings. The third-order valence-electron chi connectivity index (χ3n) is 3.93. The Morgan fingerprint density at radius 1 is 1.19 bits per heavy atom. The van der Waals surface area contributed by atoms with Crippen molar-refractivity contribution in [2.45, 2.75) is 0 Å². The Balaban J connectivity index is 1.96. The van der Waals surface area contributed by atoms with E-state index in [1.54, 1.807) is 19.2 Å². The number of aromatic nitrogens is 4. The average Bonchev–Trinajstić information content (AvgIpc) is 2.95. The number of non-ortho nitro benzene ring substituents is 1. The molecule has 0 unspecified atom stereocenters. The van der Waals surface area contributed by atoms with E-state index < -0.39 is 16.2 Å². The zero-order chi connectivity index (χ0) is 19.0. The summed E-state index contributed by atoms with van der Waals surface area (Å²) < 4.78 is 3.76. The maximum atomic E-state index is 12.3. The highest BCUT2D eigenvalue weighted by Gasteiger charge is 2.16. The smallest absolute Gasteiger partial charge is 0.306 e. The number of hydrazone groups is 1. The Bertz CT molecular complexity index is 1170. The number of nitro benzene ring substituents is 1. The first-order valence-corrected chi connectivity index (χ1v) is 7.47. The average molecular weight is 357 g/mol. The lowest BCUT2D eigenvalue weighted by Gasteiger charge is -2.03. The summed E-state index contributed by atoms with van der Waals surface area (Å²) >= 11 is 0. The SMILES string of the molecule is Cn1c(=O)c2c(nc(N/N=C\c3cccc([N+](=O)[O-])c3)n2C)n(C)c1=O. The quantitative estimate of drug-likeness (QED) is 0.407. The number of nitro groups is 1. The lowest BCUT2D eigenvalue weighted by molar-refractivity contribution is -0.384. The van der Waals surface area contributed by atoms with Crippen molar-refractivity contribution in [2.75, 3.05) is 5.43 Å². The normalized spacial score (nSPS) is 11.3. The first kappa shape index (κ1) is 17.1. The third kappa shape index (κ3) is 2.75. The van der Waals surface area contributed by atoms with Crippen molar-refractivity contribution in [3.8, 4) is 0 Å². The van der Waals surface area contributed by atoms with Gasteiger partial charge in [-0.05, 0) is 0 Å². The third-order valence-corrected chi connectivity index (χ3v) is 3.93. The van der Waals surface area contributed by atoms with Crippen molar-refractivity contribution in [2.24, 2.45) is 26.2 Å². The van der Waals surface area contributed by atoms with Gasteiger partial charge in [-0.2, -0.15) is 10.1 Å². The minimum absolute atomic E-state index is 0.0461. The summed E-state index contributed by atoms with van der Waals surface area (Å²) in [5, 5.41) is 14.8. The summed E-state index contributed by atoms with van der Waals surface area (Å²) in [6.07, 6.45) is 1.39. The Morgan fingerprint density at radius 3 is 2.62 bits per heavy atom. The maximum absolute atomic E-state index is 12.3. The van der Waals surface area contributed by atoms with E-state index >= 15 is 0 Å². The summed E-state index contributed by atoms with van der Waals surface area (Å²) in [6, 6.07) is 5.96. The number of imidazole rings is 1. The zero-order valence-electron chi connectivity index (χ0n) is 14.2. The second-order valence-corrected chi connectivity index (χ2v) is 5.59. The molecule has 26 heavy (non-hydrogen) atoms. The van der Waals surface area contributed by atoms with E-state index in [0.717, 1.165) is 4.57 Å². The molecular formula is C15H15N7O4. The van der Waals surface area contributed by atoms with Crippen LogP contribution in [0.4, 0.5) is 11.6 Å². The molecule has 134 valence electrons. The summed E-state index contributed by atoms with van der Waals surface area (Å²) in [6.45, 7) is 0. The molecule has 0 saturated heterocycles. The molecule has 0 atom stereocenters. The second kappa shape index (κ2) is 6.27. The van der Waals surface area contributed by atoms with Gasteiger partial charge in [0.25, 0.3) is 11.2 Å². The highest BCUT2D eigenvalue weighted by molar-refractivity contribution is 5.81. The molecule has 3 rings (SSSR count). The second-order valence-electron chi connectivity index (χ2n) is 5.59. The fourth-order valence-electron chi connectivity index (χ4n) is 2.50. The molecule has 0 spiro atoms. The van der Waals surface area contributed by atoms with Crippen molar-refractivity contribution in [1.82, 2.24) is 18.7 Å². The number of rotatable bonds is 4. The zero-order valence-corrected chi connectivity index (χ0v) is 14.2. The van der Waals surface area contributed by atoms with Crippen LogP contribution in [0.1, 0.15) is 5.56 Å². The van der Waals surface area contributed by atoms with Gasteiger partial charge in [-0.1, -0.05) is 12.1 Å². The molecule has 0 amide bonds. The van der Waals surface area contributed by atoms with Crippen LogP contribution >= 0.6 is 0 Å². The summed E-state index contributed by atoms with van der Waals surface area (Å²) in [5.41, 5.74) is 2.70. The van der Waals surface area contributed by atoms with E-state index in [4.69, 9.17) is 0 Å². The predicted molar refractivity (Wildman–Crippen MR) is 95.5 cm³/mol. The number of fused-ring (bicyclic) bond motifs is 1. The predicted octanol–water partition coefficient (Wildman–Crippen LogP) is 0.325. The molecule has 0 aliphatic carbocycles. The van der Waals surface area contributed by atoms with Crippen molar-refractivity contribution in [3.05, 3.63) is 60.8 Å². The molecule has 1 aromatic carbocycles. The molecular weight excluding hydrogens is 342 g/mol. The first-order chi connectivity index (χ1) is 12.3. The minimum Gasteiger partial charge on any atom is -0.306 e. The van der Waals surface area contributed by atoms with Crippen LogP contribution in [0.5, 0.6) is 0 Å². The van der Waals surface area contributed by atoms with Crippen LogP contribution in [0.15, 0.2) is 39.0 Å². The van der Waals surface area contributed by atoms with Crippen molar-refractivity contribution in [1.29, 1.82) is 0 Å². The molecule has 0 saturated carbocycles. The Labute approximate surface area is 146 Å². The molecule has 11 nitrogen and oxygen atoms in total. The van der Waals surface area contributed by atoms with Crippen LogP contribution in [0.25, 0.3) is 11.2 Å². The van der Waals surface area contributed by atoms with Crippen molar-refractivity contribution in [3.63, 3.8) is 0 Å². The number of nitrogens with one attached hydrogen (secondary N) is 1. The van der Waals surface area contributed by atoms with E-state index in [0.29, 0.717) is 5.56 Å². The molecule has 1 N–H and O–H groups in total. The largest absolute Gasteiger partial charge is 0.332 e. The highest BCUT2D eigenvalue weighted by atomic mass is 16.6. The van der Waals surface area contributed by atoms with Gasteiger partial charge < -0.3 is 4.57 Å². The molecule has 0 fully saturated rings. The van der Waals surface area contributed by atoms with Gasteiger partial charge in [0.15, 0.2) is 11.2 Å². The van der Waals surface area contributed by atoms with Gasteiger partial charge in [-0.25, -0.2) is 10.2 Å². The van der Waals surface area contributed by atoms with Crippen LogP contribution in [0.2, 0.25) is 0 Å². The Hall–Kier alpha value is -3.76. The van der Waals surface area contributed by atoms with E-state index in [-0.39, 0.29) is 22.8 Å². The van der Waals surface area contributed by atoms with Crippen LogP contribution in [-0.2, 0) is 21.1 Å². The van der Waals surface area contributed by atoms with Crippen LogP contribution in [0, 0.1) is 10.1 Å². The number of nitrogens with zero attached hydrogens (tertiary/aromatic N) is 6. The van der Waals surface area contributed by atoms with E-state index in [1.807, 2.05) is 0 Å². The van der Waals surface area contributed by atoms with Gasteiger partial charge in [0.2, 0.25) is 5.95 Å². The number of benzene rings is 1. The fraction of sp³-hybridized carbons (Fsp3) is 0.200. The first-order valence-electron chi connectivity index (χ1n) is 7.47. The van der Waals surface area contributed by atoms with E-state index in [2.05, 4.69) is 15.5 Å². The molecule has 2 heterocycles. The molecule has 0 bridgehead atoms. The fourth-order valence-corrected chi connectivity index (χ4v) is 2.50. The Kier molecular flexibility index (Phi) is 4.12. The summed E-state index contributed by atoms with van der Waals surface area (Å²) in [5.74, 6) is 0.250. The number of aryl methyl sites for hydroxylation is 2. The molecule has 0 radical (unpaired) electrons. The Morgan fingerprint density at radius 2 is 1.92 bits per heavy atom. The molecule has 0 aliphatic heterocycles. The van der Waals surface area contributed by atoms with Crippen LogP contribution < -0.4 is 16.7 Å². The van der Waals surface area contributed by atoms with E-state index in [9.17, 15) is 19.7 Å². The van der Waals surface area contributed by atoms with Gasteiger partial charge >= 0.3 is 5.69 Å². The highest BCUT2D eigenvalue weighted by Crippen LogP contribution is 2.14. The lowest BCUT2D eigenvalue weighted by Crippen LogP contribution is -2.37. The van der Waals surface area contributed by atoms with Gasteiger partial charge in [-0.3, -0.25) is 24.0 Å². The summed E-state index contributed by atoms with van der Waals surface area (Å²) in [7, 11) is 4.53. The van der Waals surface area contributed by atoms with Gasteiger partial charge in [0.1, 0.15) is 0 Å². The van der Waals surface area contributed by atoms with Gasteiger partial charge in [0, 0.05) is 38.8 Å². The molecule has 3 aromatic rings. The van der Waals surface area contributed by atoms with Crippen molar-refractivity contribution >= 4 is 29.0 Å². The number of hydrogen-bond acceptors (Lipinski definition) is 7. The maximum Gasteiger partial charge on any atom is 0.332 e. The van der Waals surface area contributed by atoms with Gasteiger partial charge in [-0.15, -0.1) is 0 Å². The van der Waals surface area contributed by atoms with E-state index in [1.165, 1.54) is 41.6 Å². The standard InChI is InChI=1S/C15H15N7O4/c1-19-11-12(20(2)15(24)21(3)13(11)23)17-14(19)18-16-8-9-5-4-6-10(7-9)22(25)26/h4-8H,1-3H3,(H,17,18)/b16-8-. The molecule has 2 aromatic heterocycles. The van der Waals surface area contributed by atoms with Crippen LogP contribution in [0.3, 0.4) is 0 Å².